The first-order valence-electron chi connectivity index (χ1n) is 9.03. The zero-order valence-corrected chi connectivity index (χ0v) is 16.5. The highest BCUT2D eigenvalue weighted by Crippen LogP contribution is 2.16. The molecule has 30 heavy (non-hydrogen) atoms. The number of ether oxygens (including phenoxy) is 3. The summed E-state index contributed by atoms with van der Waals surface area (Å²) in [5, 5.41) is 3.94. The van der Waals surface area contributed by atoms with Gasteiger partial charge in [-0.1, -0.05) is 0 Å². The predicted octanol–water partition coefficient (Wildman–Crippen LogP) is 3.69. The summed E-state index contributed by atoms with van der Waals surface area (Å²) < 4.78 is 15.5. The molecule has 0 saturated carbocycles. The molecule has 0 aliphatic rings. The number of hydrogen-bond donors (Lipinski definition) is 1. The molecule has 3 aromatic rings. The van der Waals surface area contributed by atoms with E-state index in [0.29, 0.717) is 28.4 Å². The minimum Gasteiger partial charge on any atom is -0.497 e. The molecule has 0 saturated heterocycles. The number of nitrogens with zero attached hydrogens (tertiary/aromatic N) is 1. The van der Waals surface area contributed by atoms with Gasteiger partial charge in [-0.3, -0.25) is 4.79 Å². The monoisotopic (exact) mass is 404 g/mol. The molecule has 0 unspecified atom stereocenters. The van der Waals surface area contributed by atoms with Crippen molar-refractivity contribution in [2.45, 2.75) is 0 Å². The summed E-state index contributed by atoms with van der Waals surface area (Å²) in [6, 6.07) is 20.1. The van der Waals surface area contributed by atoms with Crippen molar-refractivity contribution in [3.05, 3.63) is 89.5 Å². The smallest absolute Gasteiger partial charge is 0.343 e. The van der Waals surface area contributed by atoms with Crippen molar-refractivity contribution < 1.29 is 23.8 Å². The molecule has 1 amide bonds. The molecule has 0 atom stereocenters. The van der Waals surface area contributed by atoms with Gasteiger partial charge in [-0.2, -0.15) is 5.10 Å². The molecule has 0 fully saturated rings. The van der Waals surface area contributed by atoms with Gasteiger partial charge < -0.3 is 14.2 Å². The van der Waals surface area contributed by atoms with Gasteiger partial charge in [-0.25, -0.2) is 10.2 Å². The van der Waals surface area contributed by atoms with Crippen LogP contribution in [0.15, 0.2) is 77.9 Å². The van der Waals surface area contributed by atoms with Gasteiger partial charge in [-0.05, 0) is 78.4 Å². The Morgan fingerprint density at radius 2 is 1.23 bits per heavy atom. The number of amides is 1. The number of carbonyl (C=O) groups is 2. The number of esters is 1. The lowest BCUT2D eigenvalue weighted by atomic mass is 10.2. The van der Waals surface area contributed by atoms with E-state index in [1.54, 1.807) is 87.0 Å². The quantitative estimate of drug-likeness (QED) is 0.281. The molecule has 0 bridgehead atoms. The summed E-state index contributed by atoms with van der Waals surface area (Å²) in [5.74, 6) is 0.928. The van der Waals surface area contributed by atoms with Gasteiger partial charge in [-0.15, -0.1) is 0 Å². The van der Waals surface area contributed by atoms with Gasteiger partial charge in [0.05, 0.1) is 26.0 Å². The van der Waals surface area contributed by atoms with Crippen molar-refractivity contribution in [2.75, 3.05) is 14.2 Å². The first-order chi connectivity index (χ1) is 14.6. The average Bonchev–Trinajstić information content (AvgIpc) is 2.80. The van der Waals surface area contributed by atoms with Crippen LogP contribution in [-0.2, 0) is 0 Å². The maximum Gasteiger partial charge on any atom is 0.343 e. The molecular weight excluding hydrogens is 384 g/mol. The molecule has 3 aromatic carbocycles. The van der Waals surface area contributed by atoms with Gasteiger partial charge in [0.2, 0.25) is 0 Å². The highest BCUT2D eigenvalue weighted by Gasteiger charge is 2.09. The van der Waals surface area contributed by atoms with E-state index in [9.17, 15) is 9.59 Å². The molecule has 0 radical (unpaired) electrons. The number of nitrogens with one attached hydrogen (secondary N) is 1. The van der Waals surface area contributed by atoms with Gasteiger partial charge in [0.25, 0.3) is 5.91 Å². The maximum absolute atomic E-state index is 12.2. The Morgan fingerprint density at radius 1 is 0.733 bits per heavy atom. The Hall–Kier alpha value is -4.13. The van der Waals surface area contributed by atoms with Crippen molar-refractivity contribution in [1.29, 1.82) is 0 Å². The fourth-order valence-electron chi connectivity index (χ4n) is 2.49. The lowest BCUT2D eigenvalue weighted by Gasteiger charge is -2.05. The highest BCUT2D eigenvalue weighted by atomic mass is 16.5. The Labute approximate surface area is 173 Å². The van der Waals surface area contributed by atoms with Crippen LogP contribution in [0.1, 0.15) is 26.3 Å². The summed E-state index contributed by atoms with van der Waals surface area (Å²) in [7, 11) is 3.12. The van der Waals surface area contributed by atoms with Crippen LogP contribution in [0.5, 0.6) is 17.2 Å². The standard InChI is InChI=1S/C23H20N2O5/c1-28-19-11-5-17(6-12-19)22(26)25-24-15-16-3-9-21(10-4-16)30-23(27)18-7-13-20(29-2)14-8-18/h3-15H,1-2H3,(H,25,26)/b24-15-. The van der Waals surface area contributed by atoms with E-state index >= 15 is 0 Å². The number of hydrazone groups is 1. The maximum atomic E-state index is 12.2. The van der Waals surface area contributed by atoms with Crippen molar-refractivity contribution in [1.82, 2.24) is 5.43 Å². The number of hydrogen-bond acceptors (Lipinski definition) is 6. The van der Waals surface area contributed by atoms with Crippen molar-refractivity contribution in [3.8, 4) is 17.2 Å². The molecule has 152 valence electrons. The van der Waals surface area contributed by atoms with Crippen molar-refractivity contribution in [3.63, 3.8) is 0 Å². The predicted molar refractivity (Wildman–Crippen MR) is 112 cm³/mol. The van der Waals surface area contributed by atoms with Crippen LogP contribution in [0.3, 0.4) is 0 Å². The molecule has 1 N–H and O–H groups in total. The molecule has 7 heteroatoms. The zero-order chi connectivity index (χ0) is 21.3. The number of carbonyl (C=O) groups excluding carboxylic acids is 2. The molecule has 0 aliphatic carbocycles. The van der Waals surface area contributed by atoms with Crippen LogP contribution >= 0.6 is 0 Å². The molecule has 0 aliphatic heterocycles. The van der Waals surface area contributed by atoms with Crippen LogP contribution in [0, 0.1) is 0 Å². The largest absolute Gasteiger partial charge is 0.497 e. The minimum absolute atomic E-state index is 0.334. The van der Waals surface area contributed by atoms with Gasteiger partial charge in [0, 0.05) is 5.56 Å². The van der Waals surface area contributed by atoms with Crippen molar-refractivity contribution >= 4 is 18.1 Å². The average molecular weight is 404 g/mol. The first-order valence-corrected chi connectivity index (χ1v) is 9.03. The summed E-state index contributed by atoms with van der Waals surface area (Å²) >= 11 is 0. The van der Waals surface area contributed by atoms with Crippen LogP contribution < -0.4 is 19.6 Å². The SMILES string of the molecule is COc1ccc(C(=O)N/N=C\c2ccc(OC(=O)c3ccc(OC)cc3)cc2)cc1. The van der Waals surface area contributed by atoms with E-state index in [1.807, 2.05) is 0 Å². The molecule has 3 rings (SSSR count). The number of benzene rings is 3. The van der Waals surface area contributed by atoms with E-state index in [1.165, 1.54) is 6.21 Å². The molecular formula is C23H20N2O5. The van der Waals surface area contributed by atoms with E-state index in [4.69, 9.17) is 14.2 Å². The molecule has 0 heterocycles. The molecule has 0 aromatic heterocycles. The Bertz CT molecular complexity index is 1030. The third-order valence-corrected chi connectivity index (χ3v) is 4.15. The van der Waals surface area contributed by atoms with Crippen molar-refractivity contribution in [2.24, 2.45) is 5.10 Å². The second kappa shape index (κ2) is 9.88. The highest BCUT2D eigenvalue weighted by molar-refractivity contribution is 5.95. The van der Waals surface area contributed by atoms with Crippen LogP contribution in [0.4, 0.5) is 0 Å². The van der Waals surface area contributed by atoms with E-state index in [0.717, 1.165) is 5.56 Å². The van der Waals surface area contributed by atoms with Gasteiger partial charge in [0.1, 0.15) is 17.2 Å². The lowest BCUT2D eigenvalue weighted by Crippen LogP contribution is -2.17. The third-order valence-electron chi connectivity index (χ3n) is 4.15. The van der Waals surface area contributed by atoms with Crippen LogP contribution in [0.2, 0.25) is 0 Å². The first kappa shape index (κ1) is 20.6. The molecule has 7 nitrogen and oxygen atoms in total. The normalized spacial score (nSPS) is 10.5. The summed E-state index contributed by atoms with van der Waals surface area (Å²) in [6.07, 6.45) is 1.50. The van der Waals surface area contributed by atoms with Crippen LogP contribution in [0.25, 0.3) is 0 Å². The zero-order valence-electron chi connectivity index (χ0n) is 16.5. The topological polar surface area (TPSA) is 86.2 Å². The summed E-state index contributed by atoms with van der Waals surface area (Å²) in [4.78, 5) is 24.2. The summed E-state index contributed by atoms with van der Waals surface area (Å²) in [6.45, 7) is 0. The minimum atomic E-state index is -0.467. The van der Waals surface area contributed by atoms with Gasteiger partial charge in [0.15, 0.2) is 0 Å². The Kier molecular flexibility index (Phi) is 6.78. The van der Waals surface area contributed by atoms with Crippen LogP contribution in [-0.4, -0.2) is 32.3 Å². The second-order valence-electron chi connectivity index (χ2n) is 6.11. The van der Waals surface area contributed by atoms with E-state index in [-0.39, 0.29) is 5.91 Å². The molecule has 0 spiro atoms. The van der Waals surface area contributed by atoms with Gasteiger partial charge >= 0.3 is 5.97 Å². The second-order valence-corrected chi connectivity index (χ2v) is 6.11. The lowest BCUT2D eigenvalue weighted by molar-refractivity contribution is 0.0734. The number of methoxy groups -OCH3 is 2. The Morgan fingerprint density at radius 3 is 1.77 bits per heavy atom. The third kappa shape index (κ3) is 5.45. The number of rotatable bonds is 7. The van der Waals surface area contributed by atoms with E-state index < -0.39 is 5.97 Å². The Balaban J connectivity index is 1.54. The summed E-state index contributed by atoms with van der Waals surface area (Å²) in [5.41, 5.74) is 4.07. The fraction of sp³-hybridized carbons (Fsp3) is 0.0870. The van der Waals surface area contributed by atoms with E-state index in [2.05, 4.69) is 10.5 Å². The fourth-order valence-corrected chi connectivity index (χ4v) is 2.49.